The number of hydrogen-bond donors (Lipinski definition) is 1. The van der Waals surface area contributed by atoms with Crippen molar-refractivity contribution in [2.45, 2.75) is 20.8 Å². The van der Waals surface area contributed by atoms with Crippen LogP contribution < -0.4 is 5.32 Å². The van der Waals surface area contributed by atoms with Gasteiger partial charge in [-0.2, -0.15) is 0 Å². The number of nitrogens with one attached hydrogen (secondary N) is 1. The summed E-state index contributed by atoms with van der Waals surface area (Å²) in [7, 11) is 1.31. The molecule has 0 aromatic rings. The Morgan fingerprint density at radius 2 is 2.00 bits per heavy atom. The third kappa shape index (κ3) is 8.00. The van der Waals surface area contributed by atoms with Gasteiger partial charge in [-0.1, -0.05) is 32.6 Å². The number of ether oxygens (including phenoxy) is 1. The summed E-state index contributed by atoms with van der Waals surface area (Å²) in [6.45, 7) is 9.43. The van der Waals surface area contributed by atoms with E-state index in [0.29, 0.717) is 5.70 Å². The molecule has 0 saturated carbocycles. The van der Waals surface area contributed by atoms with Gasteiger partial charge in [-0.3, -0.25) is 5.32 Å². The largest absolute Gasteiger partial charge is 0.453 e. The van der Waals surface area contributed by atoms with Crippen LogP contribution in [0.25, 0.3) is 0 Å². The van der Waals surface area contributed by atoms with Gasteiger partial charge < -0.3 is 4.74 Å². The van der Waals surface area contributed by atoms with Crippen molar-refractivity contribution in [3.8, 4) is 0 Å². The van der Waals surface area contributed by atoms with E-state index < -0.39 is 6.09 Å². The molecule has 0 spiro atoms. The minimum atomic E-state index is -0.517. The predicted octanol–water partition coefficient (Wildman–Crippen LogP) is 3.74. The van der Waals surface area contributed by atoms with E-state index in [9.17, 15) is 4.79 Å². The van der Waals surface area contributed by atoms with Crippen molar-refractivity contribution in [1.29, 1.82) is 0 Å². The van der Waals surface area contributed by atoms with Gasteiger partial charge in [0.2, 0.25) is 0 Å². The molecule has 0 saturated heterocycles. The Morgan fingerprint density at radius 1 is 1.47 bits per heavy atom. The van der Waals surface area contributed by atoms with Crippen molar-refractivity contribution in [2.24, 2.45) is 0 Å². The van der Waals surface area contributed by atoms with Crippen LogP contribution in [0, 0.1) is 0 Å². The summed E-state index contributed by atoms with van der Waals surface area (Å²) >= 11 is 3.27. The third-order valence-electron chi connectivity index (χ3n) is 1.20. The second kappa shape index (κ2) is 11.0. The highest BCUT2D eigenvalue weighted by molar-refractivity contribution is 9.11. The molecule has 0 bridgehead atoms. The van der Waals surface area contributed by atoms with E-state index in [-0.39, 0.29) is 0 Å². The molecule has 0 unspecified atom stereocenters. The number of carbonyl (C=O) groups excluding carboxylic acids is 1. The number of hydrogen-bond acceptors (Lipinski definition) is 2. The monoisotopic (exact) mass is 275 g/mol. The van der Waals surface area contributed by atoms with E-state index in [1.807, 2.05) is 26.8 Å². The first-order chi connectivity index (χ1) is 7.15. The number of alkyl carbamates (subject to hydrolysis) is 1. The Hall–Kier alpha value is -1.03. The highest BCUT2D eigenvalue weighted by Gasteiger charge is 2.02. The van der Waals surface area contributed by atoms with Gasteiger partial charge in [0.15, 0.2) is 0 Å². The van der Waals surface area contributed by atoms with Crippen molar-refractivity contribution in [3.63, 3.8) is 0 Å². The van der Waals surface area contributed by atoms with Crippen molar-refractivity contribution in [3.05, 3.63) is 35.0 Å². The fourth-order valence-electron chi connectivity index (χ4n) is 0.605. The summed E-state index contributed by atoms with van der Waals surface area (Å²) in [5.74, 6) is 0. The zero-order valence-corrected chi connectivity index (χ0v) is 11.2. The van der Waals surface area contributed by atoms with Gasteiger partial charge in [0.05, 0.1) is 12.8 Å². The lowest BCUT2D eigenvalue weighted by Gasteiger charge is -2.04. The predicted molar refractivity (Wildman–Crippen MR) is 67.9 cm³/mol. The Labute approximate surface area is 100 Å². The molecule has 0 atom stereocenters. The lowest BCUT2D eigenvalue weighted by Crippen LogP contribution is -2.21. The Bertz CT molecular complexity index is 257. The average Bonchev–Trinajstić information content (AvgIpc) is 2.28. The number of amides is 1. The lowest BCUT2D eigenvalue weighted by molar-refractivity contribution is 0.174. The molecule has 0 aromatic carbocycles. The summed E-state index contributed by atoms with van der Waals surface area (Å²) in [4.78, 5) is 10.8. The van der Waals surface area contributed by atoms with Gasteiger partial charge in [0, 0.05) is 4.48 Å². The second-order valence-corrected chi connectivity index (χ2v) is 2.94. The van der Waals surface area contributed by atoms with Crippen LogP contribution in [-0.4, -0.2) is 13.2 Å². The molecule has 0 aromatic heterocycles. The van der Waals surface area contributed by atoms with Crippen LogP contribution in [-0.2, 0) is 4.74 Å². The van der Waals surface area contributed by atoms with Gasteiger partial charge in [-0.05, 0) is 28.9 Å². The van der Waals surface area contributed by atoms with Gasteiger partial charge in [-0.15, -0.1) is 0 Å². The molecule has 0 rings (SSSR count). The first kappa shape index (κ1) is 16.4. The SMILES string of the molecule is C=C/C(NC(=O)OC)=C(Br)\C=C/C.CC. The molecule has 0 heterocycles. The maximum absolute atomic E-state index is 10.8. The molecule has 0 aliphatic heterocycles. The molecule has 0 fully saturated rings. The summed E-state index contributed by atoms with van der Waals surface area (Å²) in [6, 6.07) is 0. The third-order valence-corrected chi connectivity index (χ3v) is 1.89. The van der Waals surface area contributed by atoms with Crippen molar-refractivity contribution in [2.75, 3.05) is 7.11 Å². The van der Waals surface area contributed by atoms with E-state index in [2.05, 4.69) is 32.6 Å². The molecule has 3 nitrogen and oxygen atoms in total. The molecule has 4 heteroatoms. The summed E-state index contributed by atoms with van der Waals surface area (Å²) in [5.41, 5.74) is 0.574. The fraction of sp³-hybridized carbons (Fsp3) is 0.364. The Balaban J connectivity index is 0. The van der Waals surface area contributed by atoms with Crippen molar-refractivity contribution in [1.82, 2.24) is 5.32 Å². The Morgan fingerprint density at radius 3 is 2.33 bits per heavy atom. The number of rotatable bonds is 3. The number of allylic oxidation sites excluding steroid dienone is 4. The lowest BCUT2D eigenvalue weighted by atomic mass is 10.3. The van der Waals surface area contributed by atoms with Crippen LogP contribution in [0.3, 0.4) is 0 Å². The number of halogens is 1. The second-order valence-electron chi connectivity index (χ2n) is 2.08. The van der Waals surface area contributed by atoms with Crippen LogP contribution in [0.1, 0.15) is 20.8 Å². The normalized spacial score (nSPS) is 11.0. The zero-order valence-electron chi connectivity index (χ0n) is 9.63. The van der Waals surface area contributed by atoms with Gasteiger partial charge in [0.1, 0.15) is 0 Å². The summed E-state index contributed by atoms with van der Waals surface area (Å²) in [5, 5.41) is 2.50. The van der Waals surface area contributed by atoms with E-state index in [1.54, 1.807) is 6.08 Å². The first-order valence-corrected chi connectivity index (χ1v) is 5.44. The molecule has 1 amide bonds. The van der Waals surface area contributed by atoms with Crippen molar-refractivity contribution < 1.29 is 9.53 Å². The van der Waals surface area contributed by atoms with Crippen LogP contribution >= 0.6 is 15.9 Å². The molecular formula is C11H18BrNO2. The van der Waals surface area contributed by atoms with Gasteiger partial charge in [-0.25, -0.2) is 4.79 Å². The van der Waals surface area contributed by atoms with E-state index in [1.165, 1.54) is 13.2 Å². The molecular weight excluding hydrogens is 258 g/mol. The number of carbonyl (C=O) groups is 1. The molecule has 0 radical (unpaired) electrons. The van der Waals surface area contributed by atoms with Crippen LogP contribution in [0.4, 0.5) is 4.79 Å². The molecule has 0 aliphatic rings. The maximum atomic E-state index is 10.8. The molecule has 1 N–H and O–H groups in total. The first-order valence-electron chi connectivity index (χ1n) is 4.65. The smallest absolute Gasteiger partial charge is 0.411 e. The standard InChI is InChI=1S/C9H12BrNO2.C2H6/c1-4-6-7(10)8(5-2)11-9(12)13-3;1-2/h4-6H,2H2,1,3H3,(H,11,12);1-2H3/b6-4-,8-7-;. The fourth-order valence-corrected chi connectivity index (χ4v) is 1.13. The van der Waals surface area contributed by atoms with Gasteiger partial charge >= 0.3 is 6.09 Å². The summed E-state index contributed by atoms with van der Waals surface area (Å²) < 4.78 is 5.18. The highest BCUT2D eigenvalue weighted by Crippen LogP contribution is 2.12. The topological polar surface area (TPSA) is 38.3 Å². The molecule has 0 aliphatic carbocycles. The number of methoxy groups -OCH3 is 1. The average molecular weight is 276 g/mol. The van der Waals surface area contributed by atoms with Crippen LogP contribution in [0.5, 0.6) is 0 Å². The van der Waals surface area contributed by atoms with Crippen molar-refractivity contribution >= 4 is 22.0 Å². The van der Waals surface area contributed by atoms with Gasteiger partial charge in [0.25, 0.3) is 0 Å². The summed E-state index contributed by atoms with van der Waals surface area (Å²) in [6.07, 6.45) is 4.65. The minimum absolute atomic E-state index is 0.517. The van der Waals surface area contributed by atoms with Crippen LogP contribution in [0.2, 0.25) is 0 Å². The quantitative estimate of drug-likeness (QED) is 0.797. The van der Waals surface area contributed by atoms with E-state index in [0.717, 1.165) is 4.48 Å². The molecule has 86 valence electrons. The zero-order chi connectivity index (χ0) is 12.3. The molecule has 15 heavy (non-hydrogen) atoms. The van der Waals surface area contributed by atoms with E-state index in [4.69, 9.17) is 0 Å². The van der Waals surface area contributed by atoms with E-state index >= 15 is 0 Å². The maximum Gasteiger partial charge on any atom is 0.411 e. The highest BCUT2D eigenvalue weighted by atomic mass is 79.9. The Kier molecular flexibility index (Phi) is 12.1. The van der Waals surface area contributed by atoms with Crippen LogP contribution in [0.15, 0.2) is 35.0 Å². The minimum Gasteiger partial charge on any atom is -0.453 e.